The lowest BCUT2D eigenvalue weighted by atomic mass is 9.91. The van der Waals surface area contributed by atoms with Crippen LogP contribution in [-0.4, -0.2) is 24.1 Å². The second kappa shape index (κ2) is 8.02. The molecule has 23 heavy (non-hydrogen) atoms. The average Bonchev–Trinajstić information content (AvgIpc) is 2.78. The van der Waals surface area contributed by atoms with Gasteiger partial charge in [0.1, 0.15) is 11.9 Å². The first-order chi connectivity index (χ1) is 10.6. The molecule has 1 aromatic rings. The summed E-state index contributed by atoms with van der Waals surface area (Å²) >= 11 is 0. The van der Waals surface area contributed by atoms with Crippen molar-refractivity contribution in [2.75, 3.05) is 6.54 Å². The monoisotopic (exact) mass is 338 g/mol. The third-order valence-electron chi connectivity index (χ3n) is 4.86. The highest BCUT2D eigenvalue weighted by Crippen LogP contribution is 2.29. The maximum Gasteiger partial charge on any atom is 0.223 e. The lowest BCUT2D eigenvalue weighted by molar-refractivity contribution is -0.122. The summed E-state index contributed by atoms with van der Waals surface area (Å²) in [5, 5.41) is 3.03. The molecular formula is C18H27ClN2O2. The molecule has 0 bridgehead atoms. The number of para-hydroxylation sites is 1. The number of fused-ring (bicyclic) bond motifs is 1. The van der Waals surface area contributed by atoms with Gasteiger partial charge < -0.3 is 15.8 Å². The van der Waals surface area contributed by atoms with Crippen LogP contribution in [0.3, 0.4) is 0 Å². The van der Waals surface area contributed by atoms with E-state index in [2.05, 4.69) is 11.4 Å². The van der Waals surface area contributed by atoms with Crippen LogP contribution in [0.15, 0.2) is 24.3 Å². The summed E-state index contributed by atoms with van der Waals surface area (Å²) in [6.07, 6.45) is 8.09. The van der Waals surface area contributed by atoms with E-state index in [0.717, 1.165) is 25.0 Å². The van der Waals surface area contributed by atoms with E-state index in [1.807, 2.05) is 18.2 Å². The van der Waals surface area contributed by atoms with Gasteiger partial charge in [0.25, 0.3) is 0 Å². The maximum atomic E-state index is 12.2. The minimum atomic E-state index is -0.217. The largest absolute Gasteiger partial charge is 0.489 e. The van der Waals surface area contributed by atoms with Crippen molar-refractivity contribution >= 4 is 18.3 Å². The Morgan fingerprint density at radius 1 is 1.22 bits per heavy atom. The molecule has 0 aromatic heterocycles. The van der Waals surface area contributed by atoms with Gasteiger partial charge in [0.2, 0.25) is 5.91 Å². The Bertz CT molecular complexity index is 503. The molecular weight excluding hydrogens is 312 g/mol. The van der Waals surface area contributed by atoms with Crippen LogP contribution in [0.5, 0.6) is 5.75 Å². The number of amides is 1. The second-order valence-electron chi connectivity index (χ2n) is 6.81. The highest BCUT2D eigenvalue weighted by molar-refractivity contribution is 5.85. The summed E-state index contributed by atoms with van der Waals surface area (Å²) in [6.45, 7) is 0.589. The number of carbonyl (C=O) groups excluding carboxylic acids is 1. The number of ether oxygens (including phenoxy) is 1. The normalized spacial score (nSPS) is 22.2. The van der Waals surface area contributed by atoms with Crippen molar-refractivity contribution in [3.63, 3.8) is 0 Å². The van der Waals surface area contributed by atoms with E-state index >= 15 is 0 Å². The van der Waals surface area contributed by atoms with Crippen LogP contribution in [-0.2, 0) is 11.2 Å². The number of hydrogen-bond donors (Lipinski definition) is 2. The molecule has 4 nitrogen and oxygen atoms in total. The number of carbonyl (C=O) groups is 1. The van der Waals surface area contributed by atoms with Gasteiger partial charge in [0.05, 0.1) is 6.42 Å². The molecule has 1 aliphatic carbocycles. The highest BCUT2D eigenvalue weighted by Gasteiger charge is 2.28. The Balaban J connectivity index is 0.00000192. The Morgan fingerprint density at radius 3 is 2.61 bits per heavy atom. The summed E-state index contributed by atoms with van der Waals surface area (Å²) in [4.78, 5) is 12.2. The summed E-state index contributed by atoms with van der Waals surface area (Å²) in [5.74, 6) is 0.964. The van der Waals surface area contributed by atoms with Crippen molar-refractivity contribution in [3.05, 3.63) is 29.8 Å². The Hall–Kier alpha value is -1.26. The molecule has 2 aliphatic rings. The average molecular weight is 339 g/mol. The highest BCUT2D eigenvalue weighted by atomic mass is 35.5. The number of nitrogens with two attached hydrogens (primary N) is 1. The van der Waals surface area contributed by atoms with Crippen molar-refractivity contribution in [1.29, 1.82) is 0 Å². The Labute approximate surface area is 144 Å². The number of benzene rings is 1. The van der Waals surface area contributed by atoms with Gasteiger partial charge in [-0.05, 0) is 24.5 Å². The topological polar surface area (TPSA) is 64.3 Å². The van der Waals surface area contributed by atoms with E-state index in [1.165, 1.54) is 31.2 Å². The molecule has 0 spiro atoms. The molecule has 0 radical (unpaired) electrons. The van der Waals surface area contributed by atoms with Gasteiger partial charge in [-0.2, -0.15) is 0 Å². The van der Waals surface area contributed by atoms with Crippen LogP contribution in [0, 0.1) is 0 Å². The molecule has 128 valence electrons. The zero-order chi connectivity index (χ0) is 15.4. The molecule has 1 atom stereocenters. The first kappa shape index (κ1) is 18.1. The van der Waals surface area contributed by atoms with Gasteiger partial charge >= 0.3 is 0 Å². The number of nitrogens with one attached hydrogen (secondary N) is 1. The number of hydrogen-bond acceptors (Lipinski definition) is 3. The van der Waals surface area contributed by atoms with E-state index in [9.17, 15) is 4.79 Å². The number of halogens is 1. The third kappa shape index (κ3) is 4.85. The molecule has 3 rings (SSSR count). The summed E-state index contributed by atoms with van der Waals surface area (Å²) < 4.78 is 5.82. The fraction of sp³-hybridized carbons (Fsp3) is 0.611. The van der Waals surface area contributed by atoms with E-state index < -0.39 is 0 Å². The van der Waals surface area contributed by atoms with E-state index in [4.69, 9.17) is 10.5 Å². The predicted octanol–water partition coefficient (Wildman–Crippen LogP) is 2.97. The van der Waals surface area contributed by atoms with Gasteiger partial charge in [0.15, 0.2) is 0 Å². The van der Waals surface area contributed by atoms with Crippen molar-refractivity contribution in [1.82, 2.24) is 5.32 Å². The number of rotatable bonds is 4. The molecule has 0 unspecified atom stereocenters. The predicted molar refractivity (Wildman–Crippen MR) is 94.1 cm³/mol. The van der Waals surface area contributed by atoms with Crippen molar-refractivity contribution < 1.29 is 9.53 Å². The minimum Gasteiger partial charge on any atom is -0.489 e. The van der Waals surface area contributed by atoms with Crippen LogP contribution in [0.4, 0.5) is 0 Å². The van der Waals surface area contributed by atoms with Crippen molar-refractivity contribution in [3.8, 4) is 5.75 Å². The van der Waals surface area contributed by atoms with Crippen molar-refractivity contribution in [2.45, 2.75) is 63.0 Å². The zero-order valence-corrected chi connectivity index (χ0v) is 14.4. The summed E-state index contributed by atoms with van der Waals surface area (Å²) in [7, 11) is 0. The smallest absolute Gasteiger partial charge is 0.223 e. The fourth-order valence-corrected chi connectivity index (χ4v) is 3.53. The summed E-state index contributed by atoms with van der Waals surface area (Å²) in [6, 6.07) is 8.00. The third-order valence-corrected chi connectivity index (χ3v) is 4.86. The van der Waals surface area contributed by atoms with Gasteiger partial charge in [-0.15, -0.1) is 12.4 Å². The fourth-order valence-electron chi connectivity index (χ4n) is 3.53. The minimum absolute atomic E-state index is 0. The van der Waals surface area contributed by atoms with Gasteiger partial charge in [0, 0.05) is 18.5 Å². The van der Waals surface area contributed by atoms with Crippen molar-refractivity contribution in [2.24, 2.45) is 5.73 Å². The summed E-state index contributed by atoms with van der Waals surface area (Å²) in [5.41, 5.74) is 7.42. The molecule has 1 aliphatic heterocycles. The zero-order valence-electron chi connectivity index (χ0n) is 13.6. The first-order valence-corrected chi connectivity index (χ1v) is 8.45. The van der Waals surface area contributed by atoms with Crippen LogP contribution in [0.2, 0.25) is 0 Å². The van der Waals surface area contributed by atoms with E-state index in [0.29, 0.717) is 13.0 Å². The lowest BCUT2D eigenvalue weighted by Gasteiger charge is -2.28. The molecule has 1 fully saturated rings. The Kier molecular flexibility index (Phi) is 6.31. The molecule has 1 amide bonds. The quantitative estimate of drug-likeness (QED) is 0.829. The van der Waals surface area contributed by atoms with Gasteiger partial charge in [-0.3, -0.25) is 4.79 Å². The second-order valence-corrected chi connectivity index (χ2v) is 6.81. The van der Waals surface area contributed by atoms with Crippen LogP contribution in [0.25, 0.3) is 0 Å². The molecule has 1 aromatic carbocycles. The molecule has 1 heterocycles. The molecule has 5 heteroatoms. The molecule has 0 saturated heterocycles. The SMILES string of the molecule is Cl.NC1(CNC(=O)C[C@H]2Cc3ccccc3O2)CCCCCC1. The van der Waals surface area contributed by atoms with Crippen LogP contribution < -0.4 is 15.8 Å². The van der Waals surface area contributed by atoms with E-state index in [-0.39, 0.29) is 30.0 Å². The Morgan fingerprint density at radius 2 is 1.91 bits per heavy atom. The standard InChI is InChI=1S/C18H26N2O2.ClH/c19-18(9-5-1-2-6-10-18)13-20-17(21)12-15-11-14-7-3-4-8-16(14)22-15;/h3-4,7-8,15H,1-2,5-6,9-13,19H2,(H,20,21);1H/t15-;/m1./s1. The van der Waals surface area contributed by atoms with Gasteiger partial charge in [-0.25, -0.2) is 0 Å². The van der Waals surface area contributed by atoms with Crippen LogP contribution in [0.1, 0.15) is 50.5 Å². The van der Waals surface area contributed by atoms with Gasteiger partial charge in [-0.1, -0.05) is 43.9 Å². The molecule has 3 N–H and O–H groups in total. The first-order valence-electron chi connectivity index (χ1n) is 8.45. The van der Waals surface area contributed by atoms with E-state index in [1.54, 1.807) is 0 Å². The lowest BCUT2D eigenvalue weighted by Crippen LogP contribution is -2.50. The van der Waals surface area contributed by atoms with Crippen LogP contribution >= 0.6 is 12.4 Å². The maximum absolute atomic E-state index is 12.2. The molecule has 1 saturated carbocycles.